The van der Waals surface area contributed by atoms with Crippen LogP contribution in [0.2, 0.25) is 10.0 Å². The SMILES string of the molecule is COc1ccc(NC(=O)C(=O)N/N=C\c2ccc(OC(=O)c3ccc(Cl)cc3Cl)cc2)cc1. The number of amides is 2. The van der Waals surface area contributed by atoms with E-state index >= 15 is 0 Å². The summed E-state index contributed by atoms with van der Waals surface area (Å²) in [7, 11) is 1.52. The summed E-state index contributed by atoms with van der Waals surface area (Å²) in [5, 5.41) is 6.78. The molecule has 0 unspecified atom stereocenters. The Bertz CT molecular complexity index is 1200. The van der Waals surface area contributed by atoms with Crippen molar-refractivity contribution in [2.45, 2.75) is 0 Å². The van der Waals surface area contributed by atoms with Crippen molar-refractivity contribution >= 4 is 52.9 Å². The van der Waals surface area contributed by atoms with Crippen LogP contribution in [-0.2, 0) is 9.59 Å². The third kappa shape index (κ3) is 6.80. The Morgan fingerprint density at radius 2 is 1.55 bits per heavy atom. The molecule has 0 aliphatic carbocycles. The fourth-order valence-corrected chi connectivity index (χ4v) is 3.00. The van der Waals surface area contributed by atoms with E-state index in [0.717, 1.165) is 0 Å². The second-order valence-electron chi connectivity index (χ2n) is 6.46. The first-order valence-corrected chi connectivity index (χ1v) is 10.2. The zero-order chi connectivity index (χ0) is 23.8. The summed E-state index contributed by atoms with van der Waals surface area (Å²) in [5.74, 6) is -1.54. The molecule has 0 bridgehead atoms. The van der Waals surface area contributed by atoms with Crippen LogP contribution in [-0.4, -0.2) is 31.1 Å². The number of anilines is 1. The van der Waals surface area contributed by atoms with Crippen molar-refractivity contribution in [3.8, 4) is 11.5 Å². The van der Waals surface area contributed by atoms with Crippen molar-refractivity contribution in [2.24, 2.45) is 5.10 Å². The third-order valence-electron chi connectivity index (χ3n) is 4.18. The molecular weight excluding hydrogens is 469 g/mol. The highest BCUT2D eigenvalue weighted by Gasteiger charge is 2.14. The lowest BCUT2D eigenvalue weighted by Crippen LogP contribution is -2.32. The molecule has 0 aromatic heterocycles. The van der Waals surface area contributed by atoms with Crippen LogP contribution >= 0.6 is 23.2 Å². The van der Waals surface area contributed by atoms with E-state index in [1.807, 2.05) is 0 Å². The molecule has 0 aliphatic rings. The molecule has 0 heterocycles. The van der Waals surface area contributed by atoms with Crippen LogP contribution in [0.15, 0.2) is 71.8 Å². The van der Waals surface area contributed by atoms with E-state index in [1.165, 1.54) is 31.5 Å². The van der Waals surface area contributed by atoms with Crippen LogP contribution < -0.4 is 20.2 Å². The maximum absolute atomic E-state index is 12.2. The van der Waals surface area contributed by atoms with Gasteiger partial charge in [-0.25, -0.2) is 10.2 Å². The van der Waals surface area contributed by atoms with E-state index in [2.05, 4.69) is 15.8 Å². The zero-order valence-electron chi connectivity index (χ0n) is 17.2. The summed E-state index contributed by atoms with van der Waals surface area (Å²) in [6.45, 7) is 0. The number of hydrogen-bond acceptors (Lipinski definition) is 6. The molecule has 3 aromatic rings. The second kappa shape index (κ2) is 11.1. The molecule has 0 saturated carbocycles. The van der Waals surface area contributed by atoms with Gasteiger partial charge in [-0.3, -0.25) is 9.59 Å². The summed E-state index contributed by atoms with van der Waals surface area (Å²) in [5.41, 5.74) is 3.35. The van der Waals surface area contributed by atoms with E-state index in [0.29, 0.717) is 22.0 Å². The molecule has 33 heavy (non-hydrogen) atoms. The fourth-order valence-electron chi connectivity index (χ4n) is 2.52. The van der Waals surface area contributed by atoms with E-state index in [4.69, 9.17) is 32.7 Å². The van der Waals surface area contributed by atoms with Crippen LogP contribution in [0.3, 0.4) is 0 Å². The van der Waals surface area contributed by atoms with Crippen molar-refractivity contribution in [1.29, 1.82) is 0 Å². The lowest BCUT2D eigenvalue weighted by molar-refractivity contribution is -0.136. The number of methoxy groups -OCH3 is 1. The van der Waals surface area contributed by atoms with E-state index < -0.39 is 17.8 Å². The minimum absolute atomic E-state index is 0.183. The number of nitrogens with zero attached hydrogens (tertiary/aromatic N) is 1. The minimum Gasteiger partial charge on any atom is -0.497 e. The van der Waals surface area contributed by atoms with Gasteiger partial charge in [-0.2, -0.15) is 5.10 Å². The first kappa shape index (κ1) is 23.8. The van der Waals surface area contributed by atoms with Gasteiger partial charge < -0.3 is 14.8 Å². The van der Waals surface area contributed by atoms with Crippen LogP contribution in [0.1, 0.15) is 15.9 Å². The second-order valence-corrected chi connectivity index (χ2v) is 7.31. The Morgan fingerprint density at radius 3 is 2.18 bits per heavy atom. The molecule has 0 fully saturated rings. The number of rotatable bonds is 6. The van der Waals surface area contributed by atoms with Gasteiger partial charge in [0.05, 0.1) is 23.9 Å². The number of hydrazone groups is 1. The summed E-state index contributed by atoms with van der Waals surface area (Å²) in [6.07, 6.45) is 1.33. The summed E-state index contributed by atoms with van der Waals surface area (Å²) in [4.78, 5) is 36.0. The van der Waals surface area contributed by atoms with Gasteiger partial charge in [-0.15, -0.1) is 0 Å². The highest BCUT2D eigenvalue weighted by molar-refractivity contribution is 6.39. The topological polar surface area (TPSA) is 106 Å². The quantitative estimate of drug-likeness (QED) is 0.178. The number of esters is 1. The molecule has 0 radical (unpaired) electrons. The van der Waals surface area contributed by atoms with Crippen LogP contribution in [0, 0.1) is 0 Å². The molecule has 2 amide bonds. The highest BCUT2D eigenvalue weighted by Crippen LogP contribution is 2.23. The van der Waals surface area contributed by atoms with Crippen molar-refractivity contribution in [1.82, 2.24) is 5.43 Å². The number of hydrogen-bond donors (Lipinski definition) is 2. The molecule has 8 nitrogen and oxygen atoms in total. The van der Waals surface area contributed by atoms with Gasteiger partial charge >= 0.3 is 17.8 Å². The van der Waals surface area contributed by atoms with Gasteiger partial charge in [-0.05, 0) is 72.3 Å². The largest absolute Gasteiger partial charge is 0.497 e. The molecule has 3 aromatic carbocycles. The molecule has 168 valence electrons. The van der Waals surface area contributed by atoms with Crippen molar-refractivity contribution in [3.05, 3.63) is 87.9 Å². The predicted octanol–water partition coefficient (Wildman–Crippen LogP) is 4.31. The zero-order valence-corrected chi connectivity index (χ0v) is 18.7. The monoisotopic (exact) mass is 485 g/mol. The molecule has 0 spiro atoms. The number of ether oxygens (including phenoxy) is 2. The summed E-state index contributed by atoms with van der Waals surface area (Å²) >= 11 is 11.8. The number of halogens is 2. The Balaban J connectivity index is 1.51. The van der Waals surface area contributed by atoms with Gasteiger partial charge in [0.1, 0.15) is 11.5 Å². The normalized spacial score (nSPS) is 10.5. The minimum atomic E-state index is -0.938. The number of carbonyl (C=O) groups is 3. The van der Waals surface area contributed by atoms with Crippen LogP contribution in [0.5, 0.6) is 11.5 Å². The average molecular weight is 486 g/mol. The Morgan fingerprint density at radius 1 is 0.879 bits per heavy atom. The highest BCUT2D eigenvalue weighted by atomic mass is 35.5. The molecule has 0 aliphatic heterocycles. The van der Waals surface area contributed by atoms with Crippen LogP contribution in [0.25, 0.3) is 0 Å². The van der Waals surface area contributed by atoms with Gasteiger partial charge in [0.15, 0.2) is 0 Å². The van der Waals surface area contributed by atoms with Crippen LogP contribution in [0.4, 0.5) is 5.69 Å². The lowest BCUT2D eigenvalue weighted by Gasteiger charge is -2.06. The summed E-state index contributed by atoms with van der Waals surface area (Å²) < 4.78 is 10.3. The Hall–Kier alpha value is -3.88. The average Bonchev–Trinajstić information content (AvgIpc) is 2.80. The molecule has 0 atom stereocenters. The van der Waals surface area contributed by atoms with Gasteiger partial charge in [-0.1, -0.05) is 23.2 Å². The van der Waals surface area contributed by atoms with Gasteiger partial charge in [0, 0.05) is 10.7 Å². The van der Waals surface area contributed by atoms with Crippen molar-refractivity contribution < 1.29 is 23.9 Å². The molecular formula is C23H17Cl2N3O5. The fraction of sp³-hybridized carbons (Fsp3) is 0.0435. The van der Waals surface area contributed by atoms with Crippen molar-refractivity contribution in [2.75, 3.05) is 12.4 Å². The van der Waals surface area contributed by atoms with E-state index in [9.17, 15) is 14.4 Å². The predicted molar refractivity (Wildman–Crippen MR) is 125 cm³/mol. The van der Waals surface area contributed by atoms with E-state index in [1.54, 1.807) is 48.5 Å². The van der Waals surface area contributed by atoms with Gasteiger partial charge in [0.2, 0.25) is 0 Å². The Labute approximate surface area is 199 Å². The first-order chi connectivity index (χ1) is 15.9. The molecule has 2 N–H and O–H groups in total. The smallest absolute Gasteiger partial charge is 0.345 e. The number of carbonyl (C=O) groups excluding carboxylic acids is 3. The molecule has 0 saturated heterocycles. The standard InChI is InChI=1S/C23H17Cl2N3O5/c1-32-17-9-5-16(6-10-17)27-21(29)22(30)28-26-13-14-2-7-18(8-3-14)33-23(31)19-11-4-15(24)12-20(19)25/h2-13H,1H3,(H,27,29)(H,28,30)/b26-13-. The Kier molecular flexibility index (Phi) is 8.01. The maximum Gasteiger partial charge on any atom is 0.345 e. The molecule has 10 heteroatoms. The molecule has 3 rings (SSSR count). The van der Waals surface area contributed by atoms with Gasteiger partial charge in [0.25, 0.3) is 0 Å². The van der Waals surface area contributed by atoms with Crippen molar-refractivity contribution in [3.63, 3.8) is 0 Å². The lowest BCUT2D eigenvalue weighted by atomic mass is 10.2. The number of nitrogens with one attached hydrogen (secondary N) is 2. The first-order valence-electron chi connectivity index (χ1n) is 9.41. The summed E-state index contributed by atoms with van der Waals surface area (Å²) in [6, 6.07) is 17.3. The number of benzene rings is 3. The maximum atomic E-state index is 12.2. The van der Waals surface area contributed by atoms with E-state index in [-0.39, 0.29) is 16.3 Å². The third-order valence-corrected chi connectivity index (χ3v) is 4.72.